The number of piperazine rings is 1. The predicted molar refractivity (Wildman–Crippen MR) is 120 cm³/mol. The van der Waals surface area contributed by atoms with Gasteiger partial charge in [0.1, 0.15) is 17.9 Å². The zero-order valence-electron chi connectivity index (χ0n) is 17.6. The van der Waals surface area contributed by atoms with E-state index < -0.39 is 4.92 Å². The molecular weight excluding hydrogens is 415 g/mol. The maximum absolute atomic E-state index is 14.1. The Morgan fingerprint density at radius 3 is 2.41 bits per heavy atom. The van der Waals surface area contributed by atoms with Gasteiger partial charge in [0.05, 0.1) is 17.2 Å². The van der Waals surface area contributed by atoms with Crippen LogP contribution in [0.1, 0.15) is 6.92 Å². The Bertz CT molecular complexity index is 1090. The van der Waals surface area contributed by atoms with E-state index in [9.17, 15) is 14.5 Å². The molecule has 1 aliphatic heterocycles. The van der Waals surface area contributed by atoms with Crippen molar-refractivity contribution in [2.75, 3.05) is 47.9 Å². The van der Waals surface area contributed by atoms with Gasteiger partial charge in [-0.2, -0.15) is 0 Å². The topological polar surface area (TPSA) is 96.7 Å². The number of rotatable bonds is 7. The number of aromatic nitrogens is 2. The lowest BCUT2D eigenvalue weighted by Gasteiger charge is -2.36. The van der Waals surface area contributed by atoms with Crippen LogP contribution in [0.3, 0.4) is 0 Å². The molecule has 1 saturated heterocycles. The molecule has 166 valence electrons. The summed E-state index contributed by atoms with van der Waals surface area (Å²) in [6.45, 7) is 4.42. The Morgan fingerprint density at radius 2 is 1.75 bits per heavy atom. The van der Waals surface area contributed by atoms with Gasteiger partial charge >= 0.3 is 5.69 Å². The van der Waals surface area contributed by atoms with Crippen LogP contribution in [0.5, 0.6) is 5.75 Å². The second-order valence-corrected chi connectivity index (χ2v) is 7.16. The smallest absolute Gasteiger partial charge is 0.353 e. The zero-order chi connectivity index (χ0) is 22.5. The summed E-state index contributed by atoms with van der Waals surface area (Å²) in [5, 5.41) is 14.9. The molecule has 0 atom stereocenters. The number of ether oxygens (including phenoxy) is 1. The van der Waals surface area contributed by atoms with Gasteiger partial charge in [-0.15, -0.1) is 0 Å². The first-order valence-corrected chi connectivity index (χ1v) is 10.3. The van der Waals surface area contributed by atoms with Crippen LogP contribution in [0.2, 0.25) is 0 Å². The summed E-state index contributed by atoms with van der Waals surface area (Å²) in [5.41, 5.74) is 0.980. The molecule has 10 heteroatoms. The number of nitrogens with zero attached hydrogens (tertiary/aromatic N) is 5. The molecule has 1 N–H and O–H groups in total. The van der Waals surface area contributed by atoms with Gasteiger partial charge in [-0.3, -0.25) is 10.1 Å². The van der Waals surface area contributed by atoms with Gasteiger partial charge < -0.3 is 19.9 Å². The van der Waals surface area contributed by atoms with Crippen LogP contribution in [0.15, 0.2) is 54.9 Å². The second kappa shape index (κ2) is 9.46. The number of anilines is 4. The number of benzene rings is 2. The summed E-state index contributed by atoms with van der Waals surface area (Å²) < 4.78 is 19.5. The fourth-order valence-electron chi connectivity index (χ4n) is 3.67. The minimum atomic E-state index is -0.477. The molecule has 9 nitrogen and oxygen atoms in total. The fraction of sp³-hybridized carbons (Fsp3) is 0.273. The number of nitro groups is 1. The lowest BCUT2D eigenvalue weighted by Crippen LogP contribution is -2.47. The first-order chi connectivity index (χ1) is 15.6. The quantitative estimate of drug-likeness (QED) is 0.437. The Labute approximate surface area is 184 Å². The standard InChI is InChI=1S/C22H23FN6O3/c1-2-32-17-9-7-16(8-10-17)26-21-20(29(30)31)22(25-15-24-21)28-13-11-27(12-14-28)19-6-4-3-5-18(19)23/h3-10,15H,2,11-14H2,1H3,(H,24,25,26). The molecule has 0 radical (unpaired) electrons. The molecule has 0 spiro atoms. The summed E-state index contributed by atoms with van der Waals surface area (Å²) in [4.78, 5) is 23.5. The van der Waals surface area contributed by atoms with Crippen molar-refractivity contribution < 1.29 is 14.1 Å². The lowest BCUT2D eigenvalue weighted by atomic mass is 10.2. The van der Waals surface area contributed by atoms with E-state index in [1.807, 2.05) is 16.7 Å². The molecule has 1 fully saturated rings. The van der Waals surface area contributed by atoms with Crippen molar-refractivity contribution in [2.24, 2.45) is 0 Å². The second-order valence-electron chi connectivity index (χ2n) is 7.16. The van der Waals surface area contributed by atoms with Crippen LogP contribution >= 0.6 is 0 Å². The molecule has 0 aliphatic carbocycles. The monoisotopic (exact) mass is 438 g/mol. The summed E-state index contributed by atoms with van der Waals surface area (Å²) in [6, 6.07) is 13.7. The van der Waals surface area contributed by atoms with Crippen molar-refractivity contribution in [3.8, 4) is 5.75 Å². The van der Waals surface area contributed by atoms with E-state index in [0.29, 0.717) is 49.9 Å². The van der Waals surface area contributed by atoms with Crippen LogP contribution in [0.4, 0.5) is 33.1 Å². The Balaban J connectivity index is 1.53. The van der Waals surface area contributed by atoms with Gasteiger partial charge in [-0.1, -0.05) is 12.1 Å². The number of hydrogen-bond acceptors (Lipinski definition) is 8. The molecule has 1 aliphatic rings. The molecule has 3 aromatic rings. The summed E-state index contributed by atoms with van der Waals surface area (Å²) in [6.07, 6.45) is 1.31. The number of para-hydroxylation sites is 1. The molecule has 32 heavy (non-hydrogen) atoms. The maximum Gasteiger partial charge on any atom is 0.353 e. The zero-order valence-corrected chi connectivity index (χ0v) is 17.6. The third kappa shape index (κ3) is 4.53. The van der Waals surface area contributed by atoms with Gasteiger partial charge in [-0.25, -0.2) is 14.4 Å². The van der Waals surface area contributed by atoms with E-state index in [0.717, 1.165) is 0 Å². The summed E-state index contributed by atoms with van der Waals surface area (Å²) >= 11 is 0. The normalized spacial score (nSPS) is 13.7. The van der Waals surface area contributed by atoms with Crippen molar-refractivity contribution in [2.45, 2.75) is 6.92 Å². The Hall–Kier alpha value is -3.95. The summed E-state index contributed by atoms with van der Waals surface area (Å²) in [5.74, 6) is 0.784. The first-order valence-electron chi connectivity index (χ1n) is 10.3. The van der Waals surface area contributed by atoms with Crippen molar-refractivity contribution in [1.29, 1.82) is 0 Å². The minimum absolute atomic E-state index is 0.112. The van der Waals surface area contributed by atoms with Gasteiger partial charge in [0, 0.05) is 31.9 Å². The third-order valence-electron chi connectivity index (χ3n) is 5.19. The first kappa shape index (κ1) is 21.3. The van der Waals surface area contributed by atoms with Gasteiger partial charge in [0.25, 0.3) is 0 Å². The van der Waals surface area contributed by atoms with E-state index >= 15 is 0 Å². The van der Waals surface area contributed by atoms with Gasteiger partial charge in [-0.05, 0) is 43.3 Å². The highest BCUT2D eigenvalue weighted by molar-refractivity contribution is 5.74. The number of halogens is 1. The molecule has 4 rings (SSSR count). The fourth-order valence-corrected chi connectivity index (χ4v) is 3.67. The molecule has 0 saturated carbocycles. The Morgan fingerprint density at radius 1 is 1.06 bits per heavy atom. The number of hydrogen-bond donors (Lipinski definition) is 1. The largest absolute Gasteiger partial charge is 0.494 e. The van der Waals surface area contributed by atoms with Crippen LogP contribution < -0.4 is 19.9 Å². The van der Waals surface area contributed by atoms with Gasteiger partial charge in [0.15, 0.2) is 0 Å². The van der Waals surface area contributed by atoms with Crippen LogP contribution in [-0.4, -0.2) is 47.7 Å². The SMILES string of the molecule is CCOc1ccc(Nc2ncnc(N3CCN(c4ccccc4F)CC3)c2[N+](=O)[O-])cc1. The third-order valence-corrected chi connectivity index (χ3v) is 5.19. The van der Waals surface area contributed by atoms with Crippen molar-refractivity contribution in [1.82, 2.24) is 9.97 Å². The Kier molecular flexibility index (Phi) is 6.29. The predicted octanol–water partition coefficient (Wildman–Crippen LogP) is 3.99. The van der Waals surface area contributed by atoms with Crippen LogP contribution in [-0.2, 0) is 0 Å². The molecule has 2 aromatic carbocycles. The average molecular weight is 438 g/mol. The molecule has 0 amide bonds. The molecule has 2 heterocycles. The van der Waals surface area contributed by atoms with Crippen molar-refractivity contribution in [3.05, 3.63) is 70.8 Å². The molecule has 0 unspecified atom stereocenters. The highest BCUT2D eigenvalue weighted by Gasteiger charge is 2.30. The molecule has 1 aromatic heterocycles. The summed E-state index contributed by atoms with van der Waals surface area (Å²) in [7, 11) is 0. The van der Waals surface area contributed by atoms with Crippen LogP contribution in [0.25, 0.3) is 0 Å². The van der Waals surface area contributed by atoms with Crippen molar-refractivity contribution >= 4 is 28.7 Å². The van der Waals surface area contributed by atoms with Crippen molar-refractivity contribution in [3.63, 3.8) is 0 Å². The van der Waals surface area contributed by atoms with Gasteiger partial charge in [0.2, 0.25) is 11.6 Å². The van der Waals surface area contributed by atoms with E-state index in [1.165, 1.54) is 12.4 Å². The maximum atomic E-state index is 14.1. The minimum Gasteiger partial charge on any atom is -0.494 e. The van der Waals surface area contributed by atoms with E-state index in [1.54, 1.807) is 42.5 Å². The van der Waals surface area contributed by atoms with E-state index in [-0.39, 0.29) is 23.1 Å². The highest BCUT2D eigenvalue weighted by atomic mass is 19.1. The highest BCUT2D eigenvalue weighted by Crippen LogP contribution is 2.34. The molecule has 0 bridgehead atoms. The average Bonchev–Trinajstić information content (AvgIpc) is 2.81. The van der Waals surface area contributed by atoms with Crippen LogP contribution in [0, 0.1) is 15.9 Å². The van der Waals surface area contributed by atoms with E-state index in [4.69, 9.17) is 4.74 Å². The molecular formula is C22H23FN6O3. The lowest BCUT2D eigenvalue weighted by molar-refractivity contribution is -0.383. The van der Waals surface area contributed by atoms with E-state index in [2.05, 4.69) is 15.3 Å². The number of nitrogens with one attached hydrogen (secondary N) is 1.